The highest BCUT2D eigenvalue weighted by Gasteiger charge is 2.20. The minimum Gasteiger partial charge on any atom is -0.439 e. The van der Waals surface area contributed by atoms with E-state index in [2.05, 4.69) is 25.2 Å². The van der Waals surface area contributed by atoms with Crippen LogP contribution in [-0.4, -0.2) is 48.4 Å². The highest BCUT2D eigenvalue weighted by atomic mass is 16.6. The highest BCUT2D eigenvalue weighted by molar-refractivity contribution is 5.78. The van der Waals surface area contributed by atoms with Gasteiger partial charge in [0, 0.05) is 25.2 Å². The lowest BCUT2D eigenvalue weighted by molar-refractivity contribution is -0.120. The molecule has 0 unspecified atom stereocenters. The van der Waals surface area contributed by atoms with Crippen molar-refractivity contribution in [1.82, 2.24) is 15.5 Å². The number of benzene rings is 1. The lowest BCUT2D eigenvalue weighted by atomic mass is 9.93. The molecule has 0 aliphatic carbocycles. The smallest absolute Gasteiger partial charge is 0.407 e. The molecule has 1 fully saturated rings. The highest BCUT2D eigenvalue weighted by Crippen LogP contribution is 2.24. The van der Waals surface area contributed by atoms with E-state index in [1.807, 2.05) is 42.5 Å². The molecule has 1 aromatic carbocycles. The number of aromatic nitrogens is 2. The molecule has 1 aliphatic heterocycles. The van der Waals surface area contributed by atoms with Crippen molar-refractivity contribution in [3.8, 4) is 11.3 Å². The fourth-order valence-corrected chi connectivity index (χ4v) is 3.27. The number of nitrogens with two attached hydrogens (primary N) is 1. The van der Waals surface area contributed by atoms with Crippen molar-refractivity contribution in [3.05, 3.63) is 42.5 Å². The molecule has 28 heavy (non-hydrogen) atoms. The maximum Gasteiger partial charge on any atom is 0.407 e. The third-order valence-corrected chi connectivity index (χ3v) is 4.83. The maximum absolute atomic E-state index is 11.4. The van der Waals surface area contributed by atoms with Gasteiger partial charge in [-0.05, 0) is 37.3 Å². The number of hydrogen-bond donors (Lipinski definition) is 2. The van der Waals surface area contributed by atoms with E-state index in [1.165, 1.54) is 0 Å². The van der Waals surface area contributed by atoms with Gasteiger partial charge in [0.15, 0.2) is 12.4 Å². The third-order valence-electron chi connectivity index (χ3n) is 4.83. The summed E-state index contributed by atoms with van der Waals surface area (Å²) in [5.74, 6) is 0.762. The van der Waals surface area contributed by atoms with E-state index in [0.29, 0.717) is 12.5 Å². The van der Waals surface area contributed by atoms with Gasteiger partial charge in [0.05, 0.1) is 5.69 Å². The van der Waals surface area contributed by atoms with E-state index >= 15 is 0 Å². The lowest BCUT2D eigenvalue weighted by Crippen LogP contribution is -2.36. The molecule has 1 aliphatic rings. The standard InChI is InChI=1S/C20H25N5O3/c21-18(26)14-28-20(27)22-11-8-15-9-12-25(13-10-15)19-7-6-17(23-24-19)16-4-2-1-3-5-16/h1-7,15H,8-14H2,(H2,21,26)(H,22,27). The Morgan fingerprint density at radius 2 is 1.86 bits per heavy atom. The van der Waals surface area contributed by atoms with E-state index in [0.717, 1.165) is 49.4 Å². The molecule has 1 saturated heterocycles. The van der Waals surface area contributed by atoms with Gasteiger partial charge in [-0.25, -0.2) is 4.79 Å². The molecule has 2 amide bonds. The number of amides is 2. The van der Waals surface area contributed by atoms with Gasteiger partial charge in [-0.3, -0.25) is 4.79 Å². The average molecular weight is 383 g/mol. The molecule has 8 heteroatoms. The van der Waals surface area contributed by atoms with Gasteiger partial charge in [0.25, 0.3) is 5.91 Å². The van der Waals surface area contributed by atoms with Crippen LogP contribution in [0.15, 0.2) is 42.5 Å². The number of nitrogens with zero attached hydrogens (tertiary/aromatic N) is 3. The summed E-state index contributed by atoms with van der Waals surface area (Å²) in [5, 5.41) is 11.4. The van der Waals surface area contributed by atoms with E-state index in [9.17, 15) is 9.59 Å². The molecule has 3 rings (SSSR count). The normalized spacial score (nSPS) is 14.5. The molecule has 8 nitrogen and oxygen atoms in total. The molecular weight excluding hydrogens is 358 g/mol. The Morgan fingerprint density at radius 3 is 2.50 bits per heavy atom. The number of hydrogen-bond acceptors (Lipinski definition) is 6. The second-order valence-corrected chi connectivity index (χ2v) is 6.83. The lowest BCUT2D eigenvalue weighted by Gasteiger charge is -2.32. The van der Waals surface area contributed by atoms with Gasteiger partial charge in [0.2, 0.25) is 0 Å². The Labute approximate surface area is 164 Å². The van der Waals surface area contributed by atoms with Crippen LogP contribution in [0.3, 0.4) is 0 Å². The Morgan fingerprint density at radius 1 is 1.11 bits per heavy atom. The number of ether oxygens (including phenoxy) is 1. The minimum atomic E-state index is -0.664. The summed E-state index contributed by atoms with van der Waals surface area (Å²) in [5.41, 5.74) is 6.85. The van der Waals surface area contributed by atoms with Crippen LogP contribution in [0.4, 0.5) is 10.6 Å². The van der Waals surface area contributed by atoms with Crippen molar-refractivity contribution in [2.24, 2.45) is 11.7 Å². The first-order valence-corrected chi connectivity index (χ1v) is 9.45. The topological polar surface area (TPSA) is 110 Å². The van der Waals surface area contributed by atoms with Gasteiger partial charge in [-0.15, -0.1) is 10.2 Å². The molecule has 2 heterocycles. The van der Waals surface area contributed by atoms with Gasteiger partial charge < -0.3 is 20.7 Å². The number of piperidine rings is 1. The second-order valence-electron chi connectivity index (χ2n) is 6.83. The number of anilines is 1. The molecular formula is C20H25N5O3. The van der Waals surface area contributed by atoms with Crippen LogP contribution in [0.2, 0.25) is 0 Å². The fourth-order valence-electron chi connectivity index (χ4n) is 3.27. The van der Waals surface area contributed by atoms with Crippen LogP contribution in [0.1, 0.15) is 19.3 Å². The first-order valence-electron chi connectivity index (χ1n) is 9.45. The summed E-state index contributed by atoms with van der Waals surface area (Å²) >= 11 is 0. The zero-order valence-corrected chi connectivity index (χ0v) is 15.7. The van der Waals surface area contributed by atoms with E-state index < -0.39 is 18.6 Å². The minimum absolute atomic E-state index is 0.395. The summed E-state index contributed by atoms with van der Waals surface area (Å²) in [4.78, 5) is 24.2. The van der Waals surface area contributed by atoms with Gasteiger partial charge in [-0.1, -0.05) is 30.3 Å². The zero-order valence-electron chi connectivity index (χ0n) is 15.7. The molecule has 0 spiro atoms. The Balaban J connectivity index is 1.40. The van der Waals surface area contributed by atoms with Crippen molar-refractivity contribution in [2.45, 2.75) is 19.3 Å². The summed E-state index contributed by atoms with van der Waals surface area (Å²) in [6.45, 7) is 1.95. The summed E-state index contributed by atoms with van der Waals surface area (Å²) in [7, 11) is 0. The number of nitrogens with one attached hydrogen (secondary N) is 1. The monoisotopic (exact) mass is 383 g/mol. The first kappa shape index (κ1) is 19.6. The second kappa shape index (κ2) is 9.68. The SMILES string of the molecule is NC(=O)COC(=O)NCCC1CCN(c2ccc(-c3ccccc3)nn2)CC1. The van der Waals surface area contributed by atoms with Gasteiger partial charge in [-0.2, -0.15) is 0 Å². The molecule has 0 saturated carbocycles. The van der Waals surface area contributed by atoms with Crippen LogP contribution < -0.4 is 16.0 Å². The Hall–Kier alpha value is -3.16. The predicted molar refractivity (Wildman–Crippen MR) is 106 cm³/mol. The maximum atomic E-state index is 11.4. The molecule has 0 radical (unpaired) electrons. The van der Waals surface area contributed by atoms with Crippen molar-refractivity contribution < 1.29 is 14.3 Å². The first-order chi connectivity index (χ1) is 13.6. The van der Waals surface area contributed by atoms with E-state index in [4.69, 9.17) is 5.73 Å². The fraction of sp³-hybridized carbons (Fsp3) is 0.400. The molecule has 148 valence electrons. The van der Waals surface area contributed by atoms with E-state index in [1.54, 1.807) is 0 Å². The zero-order chi connectivity index (χ0) is 19.8. The molecule has 3 N–H and O–H groups in total. The molecule has 0 bridgehead atoms. The van der Waals surface area contributed by atoms with Gasteiger partial charge >= 0.3 is 6.09 Å². The Bertz CT molecular complexity index is 774. The Kier molecular flexibility index (Phi) is 6.78. The number of alkyl carbamates (subject to hydrolysis) is 1. The molecule has 2 aromatic rings. The predicted octanol–water partition coefficient (Wildman–Crippen LogP) is 1.96. The van der Waals surface area contributed by atoms with Crippen LogP contribution in [0, 0.1) is 5.92 Å². The summed E-state index contributed by atoms with van der Waals surface area (Å²) in [6.07, 6.45) is 2.32. The average Bonchev–Trinajstić information content (AvgIpc) is 2.73. The number of carbonyl (C=O) groups excluding carboxylic acids is 2. The third kappa shape index (κ3) is 5.67. The van der Waals surface area contributed by atoms with Crippen molar-refractivity contribution >= 4 is 17.8 Å². The summed E-state index contributed by atoms with van der Waals surface area (Å²) in [6, 6.07) is 14.0. The number of carbonyl (C=O) groups is 2. The number of rotatable bonds is 7. The van der Waals surface area contributed by atoms with Crippen LogP contribution in [-0.2, 0) is 9.53 Å². The molecule has 0 atom stereocenters. The largest absolute Gasteiger partial charge is 0.439 e. The van der Waals surface area contributed by atoms with Crippen molar-refractivity contribution in [3.63, 3.8) is 0 Å². The quantitative estimate of drug-likeness (QED) is 0.756. The van der Waals surface area contributed by atoms with Gasteiger partial charge in [0.1, 0.15) is 0 Å². The number of primary amides is 1. The summed E-state index contributed by atoms with van der Waals surface area (Å²) < 4.78 is 4.66. The van der Waals surface area contributed by atoms with Crippen molar-refractivity contribution in [1.29, 1.82) is 0 Å². The van der Waals surface area contributed by atoms with Crippen molar-refractivity contribution in [2.75, 3.05) is 31.1 Å². The van der Waals surface area contributed by atoms with Crippen LogP contribution in [0.25, 0.3) is 11.3 Å². The van der Waals surface area contributed by atoms with Crippen LogP contribution in [0.5, 0.6) is 0 Å². The van der Waals surface area contributed by atoms with E-state index in [-0.39, 0.29) is 0 Å². The molecule has 1 aromatic heterocycles. The van der Waals surface area contributed by atoms with Crippen LogP contribution >= 0.6 is 0 Å².